The van der Waals surface area contributed by atoms with Gasteiger partial charge in [0.15, 0.2) is 17.3 Å². The second kappa shape index (κ2) is 6.37. The van der Waals surface area contributed by atoms with Crippen LogP contribution in [0.4, 0.5) is 0 Å². The summed E-state index contributed by atoms with van der Waals surface area (Å²) in [5, 5.41) is 0.549. The van der Waals surface area contributed by atoms with Crippen molar-refractivity contribution in [2.24, 2.45) is 0 Å². The van der Waals surface area contributed by atoms with E-state index < -0.39 is 5.97 Å². The number of ether oxygens (including phenoxy) is 1. The van der Waals surface area contributed by atoms with Crippen LogP contribution in [0.15, 0.2) is 22.1 Å². The molecule has 1 aliphatic heterocycles. The van der Waals surface area contributed by atoms with Crippen LogP contribution in [-0.2, 0) is 16.0 Å². The summed E-state index contributed by atoms with van der Waals surface area (Å²) in [6, 6.07) is 3.15. The van der Waals surface area contributed by atoms with Crippen molar-refractivity contribution < 1.29 is 19.1 Å². The first-order valence-corrected chi connectivity index (χ1v) is 8.58. The molecule has 0 aromatic carbocycles. The third-order valence-electron chi connectivity index (χ3n) is 3.75. The summed E-state index contributed by atoms with van der Waals surface area (Å²) >= 11 is 4.51. The van der Waals surface area contributed by atoms with Crippen LogP contribution in [0.3, 0.4) is 0 Å². The Labute approximate surface area is 144 Å². The van der Waals surface area contributed by atoms with Crippen LogP contribution in [0.2, 0.25) is 0 Å². The van der Waals surface area contributed by atoms with Crippen LogP contribution in [-0.4, -0.2) is 34.2 Å². The Bertz CT molecular complexity index is 795. The number of halogens is 1. The second-order valence-electron chi connectivity index (χ2n) is 5.14. The van der Waals surface area contributed by atoms with Gasteiger partial charge in [0.25, 0.3) is 0 Å². The Balaban J connectivity index is 1.80. The summed E-state index contributed by atoms with van der Waals surface area (Å²) in [7, 11) is 1.28. The molecule has 8 heteroatoms. The standard InChI is InChI=1S/C15H13BrN2O4S/c1-22-15(21)13-14(16)23-12(17-13)7-11(20)9-4-5-10(19)8-3-2-6-18(8)9/h2-3,6,9H,4-5,7H2,1H3. The second-order valence-corrected chi connectivity index (χ2v) is 7.54. The molecule has 0 amide bonds. The summed E-state index contributed by atoms with van der Waals surface area (Å²) in [6.45, 7) is 0. The molecule has 2 aromatic rings. The third kappa shape index (κ3) is 3.00. The van der Waals surface area contributed by atoms with E-state index in [2.05, 4.69) is 25.7 Å². The molecule has 0 saturated heterocycles. The number of esters is 1. The first-order chi connectivity index (χ1) is 11.0. The van der Waals surface area contributed by atoms with E-state index in [0.29, 0.717) is 27.3 Å². The van der Waals surface area contributed by atoms with E-state index >= 15 is 0 Å². The lowest BCUT2D eigenvalue weighted by molar-refractivity contribution is -0.121. The van der Waals surface area contributed by atoms with Crippen molar-refractivity contribution >= 4 is 44.8 Å². The first kappa shape index (κ1) is 16.1. The van der Waals surface area contributed by atoms with E-state index in [1.54, 1.807) is 22.9 Å². The number of fused-ring (bicyclic) bond motifs is 1. The minimum atomic E-state index is -0.539. The number of carbonyl (C=O) groups excluding carboxylic acids is 3. The number of hydrogen-bond acceptors (Lipinski definition) is 6. The number of ketones is 2. The molecule has 1 atom stereocenters. The van der Waals surface area contributed by atoms with Gasteiger partial charge in [-0.15, -0.1) is 11.3 Å². The van der Waals surface area contributed by atoms with E-state index in [-0.39, 0.29) is 29.7 Å². The topological polar surface area (TPSA) is 78.3 Å². The number of methoxy groups -OCH3 is 1. The van der Waals surface area contributed by atoms with E-state index in [0.717, 1.165) is 0 Å². The highest BCUT2D eigenvalue weighted by atomic mass is 79.9. The van der Waals surface area contributed by atoms with Gasteiger partial charge in [0.05, 0.1) is 25.3 Å². The molecule has 0 saturated carbocycles. The Kier molecular flexibility index (Phi) is 4.45. The number of thiazole rings is 1. The molecule has 2 aromatic heterocycles. The van der Waals surface area contributed by atoms with Crippen molar-refractivity contribution in [3.8, 4) is 0 Å². The van der Waals surface area contributed by atoms with Gasteiger partial charge in [-0.2, -0.15) is 0 Å². The normalized spacial score (nSPS) is 17.0. The third-order valence-corrected chi connectivity index (χ3v) is 5.46. The van der Waals surface area contributed by atoms with Gasteiger partial charge in [-0.3, -0.25) is 9.59 Å². The molecule has 1 aliphatic rings. The molecular formula is C15H13BrN2O4S. The zero-order valence-electron chi connectivity index (χ0n) is 12.2. The highest BCUT2D eigenvalue weighted by Crippen LogP contribution is 2.30. The molecule has 0 N–H and O–H groups in total. The molecule has 0 fully saturated rings. The number of nitrogens with zero attached hydrogens (tertiary/aromatic N) is 2. The molecule has 0 aliphatic carbocycles. The molecule has 0 spiro atoms. The summed E-state index contributed by atoms with van der Waals surface area (Å²) in [5.41, 5.74) is 0.756. The summed E-state index contributed by atoms with van der Waals surface area (Å²) in [5.74, 6) is -0.501. The number of rotatable bonds is 4. The van der Waals surface area contributed by atoms with Gasteiger partial charge in [0, 0.05) is 12.6 Å². The molecular weight excluding hydrogens is 384 g/mol. The summed E-state index contributed by atoms with van der Waals surface area (Å²) < 4.78 is 6.93. The van der Waals surface area contributed by atoms with Crippen LogP contribution in [0.1, 0.15) is 44.9 Å². The Morgan fingerprint density at radius 1 is 1.52 bits per heavy atom. The highest BCUT2D eigenvalue weighted by molar-refractivity contribution is 9.11. The van der Waals surface area contributed by atoms with E-state index in [1.165, 1.54) is 18.4 Å². The Morgan fingerprint density at radius 2 is 2.30 bits per heavy atom. The van der Waals surface area contributed by atoms with Gasteiger partial charge < -0.3 is 9.30 Å². The molecule has 3 rings (SSSR count). The average Bonchev–Trinajstić information content (AvgIpc) is 3.14. The fourth-order valence-corrected chi connectivity index (χ4v) is 4.26. The zero-order chi connectivity index (χ0) is 16.6. The van der Waals surface area contributed by atoms with Gasteiger partial charge in [0.2, 0.25) is 0 Å². The minimum absolute atomic E-state index is 0.0207. The maximum Gasteiger partial charge on any atom is 0.358 e. The van der Waals surface area contributed by atoms with Crippen LogP contribution in [0.25, 0.3) is 0 Å². The molecule has 1 unspecified atom stereocenters. The van der Waals surface area contributed by atoms with Gasteiger partial charge in [-0.05, 0) is 34.5 Å². The Hall–Kier alpha value is -1.80. The van der Waals surface area contributed by atoms with Crippen LogP contribution < -0.4 is 0 Å². The lowest BCUT2D eigenvalue weighted by atomic mass is 9.97. The molecule has 3 heterocycles. The van der Waals surface area contributed by atoms with Crippen LogP contribution >= 0.6 is 27.3 Å². The zero-order valence-corrected chi connectivity index (χ0v) is 14.6. The number of carbonyl (C=O) groups is 3. The summed E-state index contributed by atoms with van der Waals surface area (Å²) in [4.78, 5) is 40.2. The first-order valence-electron chi connectivity index (χ1n) is 6.97. The van der Waals surface area contributed by atoms with Crippen molar-refractivity contribution in [2.75, 3.05) is 7.11 Å². The number of Topliss-reactive ketones (excluding diaryl/α,β-unsaturated/α-hetero) is 2. The molecule has 120 valence electrons. The number of aromatic nitrogens is 2. The largest absolute Gasteiger partial charge is 0.464 e. The fourth-order valence-electron chi connectivity index (χ4n) is 2.66. The summed E-state index contributed by atoms with van der Waals surface area (Å²) in [6.07, 6.45) is 2.74. The monoisotopic (exact) mass is 396 g/mol. The predicted octanol–water partition coefficient (Wildman–Crippen LogP) is 2.82. The van der Waals surface area contributed by atoms with E-state index in [9.17, 15) is 14.4 Å². The predicted molar refractivity (Wildman–Crippen MR) is 86.9 cm³/mol. The van der Waals surface area contributed by atoms with E-state index in [4.69, 9.17) is 0 Å². The van der Waals surface area contributed by atoms with Crippen LogP contribution in [0.5, 0.6) is 0 Å². The van der Waals surface area contributed by atoms with Gasteiger partial charge in [-0.25, -0.2) is 9.78 Å². The molecule has 0 bridgehead atoms. The van der Waals surface area contributed by atoms with Crippen molar-refractivity contribution in [3.05, 3.63) is 38.5 Å². The number of hydrogen-bond donors (Lipinski definition) is 0. The average molecular weight is 397 g/mol. The van der Waals surface area contributed by atoms with Gasteiger partial charge >= 0.3 is 5.97 Å². The lowest BCUT2D eigenvalue weighted by Crippen LogP contribution is -2.28. The molecule has 23 heavy (non-hydrogen) atoms. The van der Waals surface area contributed by atoms with Crippen molar-refractivity contribution in [1.82, 2.24) is 9.55 Å². The Morgan fingerprint density at radius 3 is 3.04 bits per heavy atom. The van der Waals surface area contributed by atoms with Crippen molar-refractivity contribution in [2.45, 2.75) is 25.3 Å². The van der Waals surface area contributed by atoms with Crippen molar-refractivity contribution in [3.63, 3.8) is 0 Å². The maximum absolute atomic E-state index is 12.6. The van der Waals surface area contributed by atoms with Crippen LogP contribution in [0, 0.1) is 0 Å². The SMILES string of the molecule is COC(=O)c1nc(CC(=O)C2CCC(=O)c3cccn32)sc1Br. The smallest absolute Gasteiger partial charge is 0.358 e. The van der Waals surface area contributed by atoms with Gasteiger partial charge in [-0.1, -0.05) is 0 Å². The fraction of sp³-hybridized carbons (Fsp3) is 0.333. The molecule has 0 radical (unpaired) electrons. The highest BCUT2D eigenvalue weighted by Gasteiger charge is 2.30. The van der Waals surface area contributed by atoms with E-state index in [1.807, 2.05) is 0 Å². The van der Waals surface area contributed by atoms with Crippen molar-refractivity contribution in [1.29, 1.82) is 0 Å². The maximum atomic E-state index is 12.6. The van der Waals surface area contributed by atoms with Gasteiger partial charge in [0.1, 0.15) is 8.79 Å². The lowest BCUT2D eigenvalue weighted by Gasteiger charge is -2.24. The molecule has 6 nitrogen and oxygen atoms in total. The minimum Gasteiger partial charge on any atom is -0.464 e. The quantitative estimate of drug-likeness (QED) is 0.742.